The maximum absolute atomic E-state index is 12.4. The first-order valence-electron chi connectivity index (χ1n) is 7.61. The van der Waals surface area contributed by atoms with Crippen LogP contribution in [-0.4, -0.2) is 24.3 Å². The summed E-state index contributed by atoms with van der Waals surface area (Å²) in [4.78, 5) is 5.91. The summed E-state index contributed by atoms with van der Waals surface area (Å²) >= 11 is 0. The fourth-order valence-corrected chi connectivity index (χ4v) is 2.16. The highest BCUT2D eigenvalue weighted by atomic mass is 19.4. The van der Waals surface area contributed by atoms with Crippen LogP contribution in [0.4, 0.5) is 24.7 Å². The Labute approximate surface area is 139 Å². The molecule has 128 valence electrons. The quantitative estimate of drug-likeness (QED) is 0.628. The van der Waals surface area contributed by atoms with Crippen LogP contribution < -0.4 is 10.3 Å². The van der Waals surface area contributed by atoms with Gasteiger partial charge in [-0.15, -0.1) is 0 Å². The van der Waals surface area contributed by atoms with E-state index in [1.165, 1.54) is 6.07 Å². The molecule has 0 unspecified atom stereocenters. The minimum atomic E-state index is -4.39. The average molecular weight is 336 g/mol. The van der Waals surface area contributed by atoms with Crippen molar-refractivity contribution in [2.75, 3.05) is 23.4 Å². The fraction of sp³-hybridized carbons (Fsp3) is 0.294. The van der Waals surface area contributed by atoms with Crippen molar-refractivity contribution in [3.8, 4) is 0 Å². The molecule has 0 spiro atoms. The molecule has 0 aliphatic carbocycles. The molecular weight excluding hydrogens is 317 g/mol. The third kappa shape index (κ3) is 4.71. The lowest BCUT2D eigenvalue weighted by atomic mass is 10.2. The van der Waals surface area contributed by atoms with Crippen LogP contribution in [0.15, 0.2) is 47.7 Å². The van der Waals surface area contributed by atoms with Crippen molar-refractivity contribution in [3.05, 3.63) is 53.7 Å². The Morgan fingerprint density at radius 3 is 2.25 bits per heavy atom. The number of pyridine rings is 1. The van der Waals surface area contributed by atoms with Gasteiger partial charge in [0.25, 0.3) is 0 Å². The van der Waals surface area contributed by atoms with Crippen LogP contribution in [0.5, 0.6) is 0 Å². The summed E-state index contributed by atoms with van der Waals surface area (Å²) in [5, 5.41) is 3.99. The van der Waals surface area contributed by atoms with Gasteiger partial charge in [-0.05, 0) is 43.7 Å². The van der Waals surface area contributed by atoms with E-state index in [1.54, 1.807) is 6.21 Å². The van der Waals surface area contributed by atoms with Crippen molar-refractivity contribution in [2.45, 2.75) is 20.0 Å². The van der Waals surface area contributed by atoms with E-state index in [9.17, 15) is 13.2 Å². The van der Waals surface area contributed by atoms with E-state index in [4.69, 9.17) is 0 Å². The van der Waals surface area contributed by atoms with Crippen LogP contribution in [0, 0.1) is 0 Å². The third-order valence-corrected chi connectivity index (χ3v) is 3.51. The standard InChI is InChI=1S/C17H19F3N4/c1-3-24(4-2)15-8-5-13(6-9-15)11-22-23-16-10-7-14(12-21-16)17(18,19)20/h5-12H,3-4H2,1-2H3,(H,21,23)/b22-11-. The molecule has 0 saturated heterocycles. The molecule has 2 rings (SSSR count). The molecule has 24 heavy (non-hydrogen) atoms. The fourth-order valence-electron chi connectivity index (χ4n) is 2.16. The number of benzene rings is 1. The lowest BCUT2D eigenvalue weighted by molar-refractivity contribution is -0.137. The van der Waals surface area contributed by atoms with E-state index in [0.29, 0.717) is 0 Å². The largest absolute Gasteiger partial charge is 0.417 e. The topological polar surface area (TPSA) is 40.5 Å². The summed E-state index contributed by atoms with van der Waals surface area (Å²) < 4.78 is 37.3. The van der Waals surface area contributed by atoms with Gasteiger partial charge in [0.15, 0.2) is 0 Å². The molecule has 0 saturated carbocycles. The van der Waals surface area contributed by atoms with Crippen molar-refractivity contribution in [1.29, 1.82) is 0 Å². The van der Waals surface area contributed by atoms with Crippen LogP contribution in [-0.2, 0) is 6.18 Å². The van der Waals surface area contributed by atoms with E-state index < -0.39 is 11.7 Å². The van der Waals surface area contributed by atoms with Crippen molar-refractivity contribution in [1.82, 2.24) is 4.98 Å². The Morgan fingerprint density at radius 2 is 1.75 bits per heavy atom. The smallest absolute Gasteiger partial charge is 0.372 e. The van der Waals surface area contributed by atoms with Gasteiger partial charge in [-0.2, -0.15) is 18.3 Å². The SMILES string of the molecule is CCN(CC)c1ccc(/C=N\Nc2ccc(C(F)(F)F)cn2)cc1. The number of halogens is 3. The van der Waals surface area contributed by atoms with E-state index in [-0.39, 0.29) is 5.82 Å². The minimum Gasteiger partial charge on any atom is -0.372 e. The number of nitrogens with zero attached hydrogens (tertiary/aromatic N) is 3. The highest BCUT2D eigenvalue weighted by Crippen LogP contribution is 2.28. The number of aromatic nitrogens is 1. The molecule has 0 aliphatic heterocycles. The number of hydrogen-bond donors (Lipinski definition) is 1. The second-order valence-electron chi connectivity index (χ2n) is 5.06. The molecule has 7 heteroatoms. The van der Waals surface area contributed by atoms with Crippen molar-refractivity contribution in [2.24, 2.45) is 5.10 Å². The summed E-state index contributed by atoms with van der Waals surface area (Å²) in [6, 6.07) is 10.1. The van der Waals surface area contributed by atoms with Gasteiger partial charge in [0, 0.05) is 25.0 Å². The predicted octanol–water partition coefficient (Wildman–Crippen LogP) is 4.39. The van der Waals surface area contributed by atoms with Gasteiger partial charge in [0.2, 0.25) is 0 Å². The maximum atomic E-state index is 12.4. The molecule has 0 bridgehead atoms. The van der Waals surface area contributed by atoms with Gasteiger partial charge in [0.05, 0.1) is 11.8 Å². The van der Waals surface area contributed by atoms with Crippen molar-refractivity contribution < 1.29 is 13.2 Å². The van der Waals surface area contributed by atoms with E-state index in [1.807, 2.05) is 24.3 Å². The first-order chi connectivity index (χ1) is 11.4. The van der Waals surface area contributed by atoms with Crippen LogP contribution in [0.2, 0.25) is 0 Å². The highest BCUT2D eigenvalue weighted by molar-refractivity contribution is 5.80. The second-order valence-corrected chi connectivity index (χ2v) is 5.06. The second kappa shape index (κ2) is 7.81. The summed E-state index contributed by atoms with van der Waals surface area (Å²) in [6.45, 7) is 6.07. The Bertz CT molecular complexity index is 660. The zero-order valence-electron chi connectivity index (χ0n) is 13.5. The van der Waals surface area contributed by atoms with Gasteiger partial charge in [-0.1, -0.05) is 12.1 Å². The normalized spacial score (nSPS) is 11.7. The maximum Gasteiger partial charge on any atom is 0.417 e. The lowest BCUT2D eigenvalue weighted by Crippen LogP contribution is -2.21. The molecular formula is C17H19F3N4. The molecule has 0 fully saturated rings. The minimum absolute atomic E-state index is 0.249. The monoisotopic (exact) mass is 336 g/mol. The van der Waals surface area contributed by atoms with E-state index in [2.05, 4.69) is 34.3 Å². The average Bonchev–Trinajstić information content (AvgIpc) is 2.57. The first kappa shape index (κ1) is 17.8. The molecule has 0 atom stereocenters. The number of anilines is 2. The molecule has 0 aliphatic rings. The van der Waals surface area contributed by atoms with Gasteiger partial charge in [0.1, 0.15) is 5.82 Å². The van der Waals surface area contributed by atoms with Gasteiger partial charge in [-0.25, -0.2) is 4.98 Å². The molecule has 0 radical (unpaired) electrons. The molecule has 1 aromatic carbocycles. The Morgan fingerprint density at radius 1 is 1.08 bits per heavy atom. The highest BCUT2D eigenvalue weighted by Gasteiger charge is 2.30. The van der Waals surface area contributed by atoms with E-state index in [0.717, 1.165) is 36.6 Å². The Hall–Kier alpha value is -2.57. The van der Waals surface area contributed by atoms with Gasteiger partial charge >= 0.3 is 6.18 Å². The molecule has 1 aromatic heterocycles. The lowest BCUT2D eigenvalue weighted by Gasteiger charge is -2.20. The van der Waals surface area contributed by atoms with E-state index >= 15 is 0 Å². The molecule has 2 aromatic rings. The number of alkyl halides is 3. The summed E-state index contributed by atoms with van der Waals surface area (Å²) in [7, 11) is 0. The van der Waals surface area contributed by atoms with Gasteiger partial charge < -0.3 is 4.90 Å². The number of rotatable bonds is 6. The van der Waals surface area contributed by atoms with Gasteiger partial charge in [-0.3, -0.25) is 5.43 Å². The Kier molecular flexibility index (Phi) is 5.78. The first-order valence-corrected chi connectivity index (χ1v) is 7.61. The summed E-state index contributed by atoms with van der Waals surface area (Å²) in [6.07, 6.45) is -2.02. The third-order valence-electron chi connectivity index (χ3n) is 3.51. The predicted molar refractivity (Wildman–Crippen MR) is 90.5 cm³/mol. The number of hydrogen-bond acceptors (Lipinski definition) is 4. The van der Waals surface area contributed by atoms with Crippen LogP contribution in [0.3, 0.4) is 0 Å². The van der Waals surface area contributed by atoms with Crippen LogP contribution >= 0.6 is 0 Å². The van der Waals surface area contributed by atoms with Crippen LogP contribution in [0.25, 0.3) is 0 Å². The zero-order valence-corrected chi connectivity index (χ0v) is 13.5. The molecule has 1 N–H and O–H groups in total. The molecule has 4 nitrogen and oxygen atoms in total. The number of hydrazone groups is 1. The number of nitrogens with one attached hydrogen (secondary N) is 1. The summed E-state index contributed by atoms with van der Waals surface area (Å²) in [5.41, 5.74) is 3.84. The zero-order chi connectivity index (χ0) is 17.6. The van der Waals surface area contributed by atoms with Crippen LogP contribution in [0.1, 0.15) is 25.0 Å². The summed E-state index contributed by atoms with van der Waals surface area (Å²) in [5.74, 6) is 0.249. The Balaban J connectivity index is 1.96. The molecule has 1 heterocycles. The van der Waals surface area contributed by atoms with Crippen molar-refractivity contribution in [3.63, 3.8) is 0 Å². The molecule has 0 amide bonds. The van der Waals surface area contributed by atoms with Crippen molar-refractivity contribution >= 4 is 17.7 Å².